The number of nitrogens with zero attached hydrogens (tertiary/aromatic N) is 2. The van der Waals surface area contributed by atoms with Crippen LogP contribution in [0.4, 0.5) is 5.13 Å². The molecule has 5 nitrogen and oxygen atoms in total. The highest BCUT2D eigenvalue weighted by atomic mass is 32.1. The average Bonchev–Trinajstić information content (AvgIpc) is 3.31. The minimum Gasteiger partial charge on any atom is -0.373 e. The zero-order valence-corrected chi connectivity index (χ0v) is 17.6. The maximum absolute atomic E-state index is 12.8. The summed E-state index contributed by atoms with van der Waals surface area (Å²) >= 11 is 2.92. The first kappa shape index (κ1) is 19.3. The number of carbonyl (C=O) groups is 1. The lowest BCUT2D eigenvalue weighted by Crippen LogP contribution is -2.44. The first-order valence-corrected chi connectivity index (χ1v) is 11.1. The summed E-state index contributed by atoms with van der Waals surface area (Å²) < 4.78 is 5.79. The molecule has 1 saturated heterocycles. The fourth-order valence-electron chi connectivity index (χ4n) is 3.56. The van der Waals surface area contributed by atoms with E-state index in [1.807, 2.05) is 47.2 Å². The molecule has 1 aliphatic rings. The van der Waals surface area contributed by atoms with Crippen LogP contribution in [-0.2, 0) is 11.3 Å². The molecule has 1 N–H and O–H groups in total. The molecular weight excluding hydrogens is 390 g/mol. The molecule has 2 aromatic heterocycles. The van der Waals surface area contributed by atoms with Crippen LogP contribution in [0.2, 0.25) is 0 Å². The number of benzene rings is 1. The number of thiazole rings is 1. The number of aromatic nitrogens is 1. The zero-order valence-electron chi connectivity index (χ0n) is 15.9. The lowest BCUT2D eigenvalue weighted by Gasteiger charge is -2.34. The van der Waals surface area contributed by atoms with Crippen molar-refractivity contribution in [2.24, 2.45) is 0 Å². The predicted molar refractivity (Wildman–Crippen MR) is 115 cm³/mol. The van der Waals surface area contributed by atoms with Gasteiger partial charge in [-0.2, -0.15) is 0 Å². The molecule has 28 heavy (non-hydrogen) atoms. The summed E-state index contributed by atoms with van der Waals surface area (Å²) in [5.74, 6) is -0.108. The van der Waals surface area contributed by atoms with E-state index in [1.165, 1.54) is 22.7 Å². The van der Waals surface area contributed by atoms with Gasteiger partial charge in [0.15, 0.2) is 5.13 Å². The molecule has 0 aliphatic carbocycles. The third-order valence-corrected chi connectivity index (χ3v) is 6.33. The van der Waals surface area contributed by atoms with Gasteiger partial charge in [0.25, 0.3) is 5.91 Å². The van der Waals surface area contributed by atoms with Crippen LogP contribution in [-0.4, -0.2) is 41.1 Å². The Bertz CT molecular complexity index is 928. The van der Waals surface area contributed by atoms with Crippen LogP contribution in [0, 0.1) is 0 Å². The number of rotatable bonds is 5. The van der Waals surface area contributed by atoms with Crippen molar-refractivity contribution in [1.82, 2.24) is 9.88 Å². The highest BCUT2D eigenvalue weighted by Gasteiger charge is 2.23. The maximum atomic E-state index is 12.8. The molecule has 7 heteroatoms. The van der Waals surface area contributed by atoms with E-state index < -0.39 is 0 Å². The van der Waals surface area contributed by atoms with E-state index in [0.29, 0.717) is 10.0 Å². The number of morpholine rings is 1. The largest absolute Gasteiger partial charge is 0.373 e. The highest BCUT2D eigenvalue weighted by Crippen LogP contribution is 2.29. The Morgan fingerprint density at radius 2 is 1.93 bits per heavy atom. The van der Waals surface area contributed by atoms with Crippen molar-refractivity contribution in [3.05, 3.63) is 57.7 Å². The van der Waals surface area contributed by atoms with Gasteiger partial charge in [0.1, 0.15) is 4.88 Å². The SMILES string of the molecule is CC1CN(Cc2csc(NC(=O)c3sccc3-c3ccccc3)n2)CC(C)O1. The maximum Gasteiger partial charge on any atom is 0.268 e. The third-order valence-electron chi connectivity index (χ3n) is 4.61. The molecular formula is C21H23N3O2S2. The number of hydrogen-bond acceptors (Lipinski definition) is 6. The monoisotopic (exact) mass is 413 g/mol. The summed E-state index contributed by atoms with van der Waals surface area (Å²) in [6.07, 6.45) is 0.466. The molecule has 4 rings (SSSR count). The summed E-state index contributed by atoms with van der Waals surface area (Å²) in [4.78, 5) is 20.5. The number of carbonyl (C=O) groups excluding carboxylic acids is 1. The zero-order chi connectivity index (χ0) is 19.5. The molecule has 1 aliphatic heterocycles. The second-order valence-electron chi connectivity index (χ2n) is 7.08. The normalized spacial score (nSPS) is 20.2. The summed E-state index contributed by atoms with van der Waals surface area (Å²) in [6, 6.07) is 12.0. The topological polar surface area (TPSA) is 54.5 Å². The first-order valence-electron chi connectivity index (χ1n) is 9.35. The number of anilines is 1. The van der Waals surface area contributed by atoms with Crippen LogP contribution in [0.5, 0.6) is 0 Å². The highest BCUT2D eigenvalue weighted by molar-refractivity contribution is 7.14. The van der Waals surface area contributed by atoms with E-state index in [4.69, 9.17) is 4.74 Å². The molecule has 2 unspecified atom stereocenters. The van der Waals surface area contributed by atoms with Gasteiger partial charge in [-0.1, -0.05) is 30.3 Å². The Morgan fingerprint density at radius 3 is 2.68 bits per heavy atom. The minimum atomic E-state index is -0.108. The van der Waals surface area contributed by atoms with Gasteiger partial charge in [0, 0.05) is 30.6 Å². The van der Waals surface area contributed by atoms with Crippen molar-refractivity contribution in [3.63, 3.8) is 0 Å². The van der Waals surface area contributed by atoms with Crippen molar-refractivity contribution in [1.29, 1.82) is 0 Å². The van der Waals surface area contributed by atoms with Crippen LogP contribution in [0.25, 0.3) is 11.1 Å². The van der Waals surface area contributed by atoms with Crippen LogP contribution < -0.4 is 5.32 Å². The van der Waals surface area contributed by atoms with Crippen LogP contribution in [0.3, 0.4) is 0 Å². The Kier molecular flexibility index (Phi) is 5.87. The third kappa shape index (κ3) is 4.50. The Labute approximate surface area is 173 Å². The van der Waals surface area contributed by atoms with Crippen molar-refractivity contribution < 1.29 is 9.53 Å². The molecule has 1 aromatic carbocycles. The van der Waals surface area contributed by atoms with Crippen molar-refractivity contribution >= 4 is 33.7 Å². The predicted octanol–water partition coefficient (Wildman–Crippen LogP) is 4.73. The fraction of sp³-hybridized carbons (Fsp3) is 0.333. The van der Waals surface area contributed by atoms with Gasteiger partial charge in [0.05, 0.1) is 17.9 Å². The van der Waals surface area contributed by atoms with Gasteiger partial charge in [-0.25, -0.2) is 4.98 Å². The number of amides is 1. The molecule has 2 atom stereocenters. The van der Waals surface area contributed by atoms with Gasteiger partial charge in [-0.15, -0.1) is 22.7 Å². The molecule has 0 radical (unpaired) electrons. The number of hydrogen-bond donors (Lipinski definition) is 1. The molecule has 1 amide bonds. The number of ether oxygens (including phenoxy) is 1. The molecule has 3 heterocycles. The van der Waals surface area contributed by atoms with E-state index in [0.717, 1.165) is 36.5 Å². The standard InChI is InChI=1S/C21H23N3O2S2/c1-14-10-24(11-15(2)26-14)12-17-13-28-21(22-17)23-20(25)19-18(8-9-27-19)16-6-4-3-5-7-16/h3-9,13-15H,10-12H2,1-2H3,(H,22,23,25). The summed E-state index contributed by atoms with van der Waals surface area (Å²) in [5.41, 5.74) is 2.98. The fourth-order valence-corrected chi connectivity index (χ4v) is 5.07. The molecule has 0 saturated carbocycles. The smallest absolute Gasteiger partial charge is 0.268 e. The van der Waals surface area contributed by atoms with E-state index in [-0.39, 0.29) is 18.1 Å². The van der Waals surface area contributed by atoms with Crippen LogP contribution in [0.15, 0.2) is 47.2 Å². The van der Waals surface area contributed by atoms with Gasteiger partial charge in [0.2, 0.25) is 0 Å². The molecule has 3 aromatic rings. The van der Waals surface area contributed by atoms with Crippen molar-refractivity contribution in [3.8, 4) is 11.1 Å². The van der Waals surface area contributed by atoms with Gasteiger partial charge in [-0.05, 0) is 30.9 Å². The number of thiophene rings is 1. The van der Waals surface area contributed by atoms with Gasteiger partial charge >= 0.3 is 0 Å². The Balaban J connectivity index is 1.42. The Morgan fingerprint density at radius 1 is 1.18 bits per heavy atom. The average molecular weight is 414 g/mol. The Hall–Kier alpha value is -2.06. The lowest BCUT2D eigenvalue weighted by atomic mass is 10.1. The van der Waals surface area contributed by atoms with Gasteiger partial charge < -0.3 is 4.74 Å². The van der Waals surface area contributed by atoms with Gasteiger partial charge in [-0.3, -0.25) is 15.0 Å². The second-order valence-corrected chi connectivity index (χ2v) is 8.85. The second kappa shape index (κ2) is 8.53. The van der Waals surface area contributed by atoms with E-state index in [2.05, 4.69) is 29.0 Å². The minimum absolute atomic E-state index is 0.108. The van der Waals surface area contributed by atoms with E-state index in [1.54, 1.807) is 0 Å². The summed E-state index contributed by atoms with van der Waals surface area (Å²) in [6.45, 7) is 6.78. The van der Waals surface area contributed by atoms with Crippen molar-refractivity contribution in [2.75, 3.05) is 18.4 Å². The summed E-state index contributed by atoms with van der Waals surface area (Å²) in [5, 5.41) is 7.58. The van der Waals surface area contributed by atoms with E-state index in [9.17, 15) is 4.79 Å². The molecule has 146 valence electrons. The van der Waals surface area contributed by atoms with Crippen LogP contribution in [0.1, 0.15) is 29.2 Å². The molecule has 0 bridgehead atoms. The quantitative estimate of drug-likeness (QED) is 0.657. The van der Waals surface area contributed by atoms with Crippen molar-refractivity contribution in [2.45, 2.75) is 32.6 Å². The number of nitrogens with one attached hydrogen (secondary N) is 1. The van der Waals surface area contributed by atoms with Crippen LogP contribution >= 0.6 is 22.7 Å². The van der Waals surface area contributed by atoms with E-state index >= 15 is 0 Å². The lowest BCUT2D eigenvalue weighted by molar-refractivity contribution is -0.0707. The molecule has 0 spiro atoms. The summed E-state index contributed by atoms with van der Waals surface area (Å²) in [7, 11) is 0. The molecule has 1 fully saturated rings. The first-order chi connectivity index (χ1) is 13.6.